The number of benzene rings is 2. The maximum Gasteiger partial charge on any atom is 0.416 e. The SMILES string of the molecule is NC(=O)N(c1ccccc1)c1cccc(C(F)(F)F)c1. The van der Waals surface area contributed by atoms with Crippen molar-refractivity contribution in [1.82, 2.24) is 0 Å². The molecule has 3 nitrogen and oxygen atoms in total. The van der Waals surface area contributed by atoms with Crippen LogP contribution >= 0.6 is 0 Å². The highest BCUT2D eigenvalue weighted by molar-refractivity contribution is 5.98. The van der Waals surface area contributed by atoms with Gasteiger partial charge in [-0.25, -0.2) is 4.79 Å². The van der Waals surface area contributed by atoms with E-state index in [0.29, 0.717) is 5.69 Å². The van der Waals surface area contributed by atoms with E-state index in [2.05, 4.69) is 0 Å². The third-order valence-electron chi connectivity index (χ3n) is 2.67. The van der Waals surface area contributed by atoms with Gasteiger partial charge in [0.2, 0.25) is 0 Å². The number of para-hydroxylation sites is 1. The lowest BCUT2D eigenvalue weighted by Crippen LogP contribution is -2.31. The fourth-order valence-corrected chi connectivity index (χ4v) is 1.80. The molecular formula is C14H11F3N2O. The summed E-state index contributed by atoms with van der Waals surface area (Å²) in [7, 11) is 0. The molecule has 0 aliphatic heterocycles. The van der Waals surface area contributed by atoms with Crippen LogP contribution in [-0.2, 0) is 6.18 Å². The first-order chi connectivity index (χ1) is 9.39. The second-order valence-electron chi connectivity index (χ2n) is 4.06. The first-order valence-electron chi connectivity index (χ1n) is 5.71. The zero-order valence-corrected chi connectivity index (χ0v) is 10.3. The van der Waals surface area contributed by atoms with E-state index in [9.17, 15) is 18.0 Å². The van der Waals surface area contributed by atoms with Crippen LogP contribution in [0.5, 0.6) is 0 Å². The molecule has 2 amide bonds. The third-order valence-corrected chi connectivity index (χ3v) is 2.67. The summed E-state index contributed by atoms with van der Waals surface area (Å²) in [5.41, 5.74) is 4.90. The van der Waals surface area contributed by atoms with Crippen LogP contribution in [0.2, 0.25) is 0 Å². The van der Waals surface area contributed by atoms with E-state index < -0.39 is 17.8 Å². The zero-order valence-electron chi connectivity index (χ0n) is 10.3. The molecule has 0 saturated heterocycles. The van der Waals surface area contributed by atoms with Gasteiger partial charge in [-0.15, -0.1) is 0 Å². The number of amides is 2. The second-order valence-corrected chi connectivity index (χ2v) is 4.06. The molecule has 104 valence electrons. The Morgan fingerprint density at radius 3 is 2.10 bits per heavy atom. The van der Waals surface area contributed by atoms with Crippen LogP contribution in [0.4, 0.5) is 29.3 Å². The monoisotopic (exact) mass is 280 g/mol. The molecule has 0 fully saturated rings. The van der Waals surface area contributed by atoms with Gasteiger partial charge in [0.25, 0.3) is 0 Å². The van der Waals surface area contributed by atoms with Crippen LogP contribution in [0.25, 0.3) is 0 Å². The van der Waals surface area contributed by atoms with Crippen molar-refractivity contribution >= 4 is 17.4 Å². The largest absolute Gasteiger partial charge is 0.416 e. The van der Waals surface area contributed by atoms with E-state index in [1.54, 1.807) is 30.3 Å². The molecule has 0 saturated carbocycles. The summed E-state index contributed by atoms with van der Waals surface area (Å²) in [6.45, 7) is 0. The Labute approximate surface area is 113 Å². The molecule has 0 aliphatic rings. The molecule has 20 heavy (non-hydrogen) atoms. The van der Waals surface area contributed by atoms with E-state index in [4.69, 9.17) is 5.73 Å². The Morgan fingerprint density at radius 2 is 1.55 bits per heavy atom. The molecule has 0 atom stereocenters. The lowest BCUT2D eigenvalue weighted by Gasteiger charge is -2.21. The summed E-state index contributed by atoms with van der Waals surface area (Å²) >= 11 is 0. The second kappa shape index (κ2) is 5.24. The molecule has 2 aromatic carbocycles. The van der Waals surface area contributed by atoms with E-state index >= 15 is 0 Å². The van der Waals surface area contributed by atoms with E-state index in [1.807, 2.05) is 0 Å². The van der Waals surface area contributed by atoms with Gasteiger partial charge in [-0.3, -0.25) is 4.90 Å². The van der Waals surface area contributed by atoms with Gasteiger partial charge in [-0.2, -0.15) is 13.2 Å². The van der Waals surface area contributed by atoms with Crippen LogP contribution in [-0.4, -0.2) is 6.03 Å². The minimum Gasteiger partial charge on any atom is -0.351 e. The van der Waals surface area contributed by atoms with Crippen LogP contribution < -0.4 is 10.6 Å². The van der Waals surface area contributed by atoms with Crippen molar-refractivity contribution in [2.45, 2.75) is 6.18 Å². The number of nitrogens with zero attached hydrogens (tertiary/aromatic N) is 1. The van der Waals surface area contributed by atoms with Gasteiger partial charge in [0.1, 0.15) is 0 Å². The van der Waals surface area contributed by atoms with Crippen LogP contribution in [0.1, 0.15) is 5.56 Å². The smallest absolute Gasteiger partial charge is 0.351 e. The average molecular weight is 280 g/mol. The molecule has 0 heterocycles. The molecule has 0 bridgehead atoms. The normalized spacial score (nSPS) is 11.2. The number of carbonyl (C=O) groups excluding carboxylic acids is 1. The Kier molecular flexibility index (Phi) is 3.65. The van der Waals surface area contributed by atoms with Crippen molar-refractivity contribution in [1.29, 1.82) is 0 Å². The standard InChI is InChI=1S/C14H11F3N2O/c15-14(16,17)10-5-4-8-12(9-10)19(13(18)20)11-6-2-1-3-7-11/h1-9H,(H2,18,20). The Bertz CT molecular complexity index is 611. The van der Waals surface area contributed by atoms with Gasteiger partial charge in [0, 0.05) is 0 Å². The first-order valence-corrected chi connectivity index (χ1v) is 5.71. The minimum atomic E-state index is -4.48. The Morgan fingerprint density at radius 1 is 0.950 bits per heavy atom. The highest BCUT2D eigenvalue weighted by atomic mass is 19.4. The number of rotatable bonds is 2. The number of nitrogens with two attached hydrogens (primary N) is 1. The van der Waals surface area contributed by atoms with Gasteiger partial charge < -0.3 is 5.73 Å². The van der Waals surface area contributed by atoms with Crippen LogP contribution in [0.3, 0.4) is 0 Å². The van der Waals surface area contributed by atoms with Crippen LogP contribution in [0, 0.1) is 0 Å². The van der Waals surface area contributed by atoms with Crippen LogP contribution in [0.15, 0.2) is 54.6 Å². The summed E-state index contributed by atoms with van der Waals surface area (Å²) in [4.78, 5) is 12.6. The molecule has 0 radical (unpaired) electrons. The molecule has 6 heteroatoms. The number of carbonyl (C=O) groups is 1. The van der Waals surface area contributed by atoms with Gasteiger partial charge in [-0.05, 0) is 30.3 Å². The van der Waals surface area contributed by atoms with Crippen molar-refractivity contribution in [2.75, 3.05) is 4.90 Å². The first kappa shape index (κ1) is 13.9. The Hall–Kier alpha value is -2.50. The molecule has 2 N–H and O–H groups in total. The summed E-state index contributed by atoms with van der Waals surface area (Å²) in [5, 5.41) is 0. The zero-order chi connectivity index (χ0) is 14.8. The summed E-state index contributed by atoms with van der Waals surface area (Å²) in [6, 6.07) is 11.8. The van der Waals surface area contributed by atoms with Crippen molar-refractivity contribution in [3.8, 4) is 0 Å². The fourth-order valence-electron chi connectivity index (χ4n) is 1.80. The number of urea groups is 1. The van der Waals surface area contributed by atoms with E-state index in [0.717, 1.165) is 17.0 Å². The predicted molar refractivity (Wildman–Crippen MR) is 69.6 cm³/mol. The minimum absolute atomic E-state index is 0.0681. The Balaban J connectivity index is 2.49. The average Bonchev–Trinajstić information content (AvgIpc) is 2.39. The molecule has 2 aromatic rings. The topological polar surface area (TPSA) is 46.3 Å². The summed E-state index contributed by atoms with van der Waals surface area (Å²) in [5.74, 6) is 0. The number of hydrogen-bond acceptors (Lipinski definition) is 1. The van der Waals surface area contributed by atoms with Crippen molar-refractivity contribution in [2.24, 2.45) is 5.73 Å². The molecule has 2 rings (SSSR count). The molecule has 0 aliphatic carbocycles. The number of hydrogen-bond donors (Lipinski definition) is 1. The van der Waals surface area contributed by atoms with Crippen molar-refractivity contribution in [3.63, 3.8) is 0 Å². The highest BCUT2D eigenvalue weighted by Crippen LogP contribution is 2.33. The molecule has 0 unspecified atom stereocenters. The maximum absolute atomic E-state index is 12.7. The molecule has 0 aromatic heterocycles. The fraction of sp³-hybridized carbons (Fsp3) is 0.0714. The van der Waals surface area contributed by atoms with Gasteiger partial charge in [-0.1, -0.05) is 24.3 Å². The number of alkyl halides is 3. The summed E-state index contributed by atoms with van der Waals surface area (Å²) < 4.78 is 38.1. The number of primary amides is 1. The van der Waals surface area contributed by atoms with E-state index in [1.165, 1.54) is 12.1 Å². The summed E-state index contributed by atoms with van der Waals surface area (Å²) in [6.07, 6.45) is -4.48. The number of anilines is 2. The van der Waals surface area contributed by atoms with Gasteiger partial charge in [0.05, 0.1) is 16.9 Å². The van der Waals surface area contributed by atoms with E-state index in [-0.39, 0.29) is 5.69 Å². The molecule has 0 spiro atoms. The predicted octanol–water partition coefficient (Wildman–Crippen LogP) is 3.92. The van der Waals surface area contributed by atoms with Gasteiger partial charge in [0.15, 0.2) is 0 Å². The van der Waals surface area contributed by atoms with Gasteiger partial charge >= 0.3 is 12.2 Å². The lowest BCUT2D eigenvalue weighted by molar-refractivity contribution is -0.137. The van der Waals surface area contributed by atoms with Crippen molar-refractivity contribution in [3.05, 3.63) is 60.2 Å². The quantitative estimate of drug-likeness (QED) is 0.890. The lowest BCUT2D eigenvalue weighted by atomic mass is 10.1. The van der Waals surface area contributed by atoms with Crippen molar-refractivity contribution < 1.29 is 18.0 Å². The maximum atomic E-state index is 12.7. The number of halogens is 3. The highest BCUT2D eigenvalue weighted by Gasteiger charge is 2.31. The third kappa shape index (κ3) is 2.90. The molecular weight excluding hydrogens is 269 g/mol.